The van der Waals surface area contributed by atoms with Gasteiger partial charge in [0.05, 0.1) is 16.4 Å². The molecule has 120 valence electrons. The van der Waals surface area contributed by atoms with Crippen molar-refractivity contribution < 1.29 is 4.74 Å². The minimum atomic E-state index is 0.233. The molecule has 0 radical (unpaired) electrons. The van der Waals surface area contributed by atoms with Gasteiger partial charge in [0, 0.05) is 23.8 Å². The van der Waals surface area contributed by atoms with Crippen LogP contribution in [0.25, 0.3) is 5.65 Å². The number of aryl methyl sites for hydroxylation is 1. The number of benzene rings is 1. The van der Waals surface area contributed by atoms with Gasteiger partial charge in [-0.15, -0.1) is 0 Å². The first-order valence-electron chi connectivity index (χ1n) is 6.93. The Kier molecular flexibility index (Phi) is 4.57. The molecule has 4 nitrogen and oxygen atoms in total. The van der Waals surface area contributed by atoms with Gasteiger partial charge in [-0.25, -0.2) is 4.98 Å². The van der Waals surface area contributed by atoms with E-state index in [1.54, 1.807) is 17.5 Å². The summed E-state index contributed by atoms with van der Waals surface area (Å²) in [4.78, 5) is 4.43. The predicted molar refractivity (Wildman–Crippen MR) is 95.3 cm³/mol. The first-order chi connectivity index (χ1) is 11.0. The number of ether oxygens (including phenoxy) is 1. The molecule has 0 spiro atoms. The van der Waals surface area contributed by atoms with Crippen LogP contribution in [0.2, 0.25) is 15.2 Å². The van der Waals surface area contributed by atoms with Crippen molar-refractivity contribution in [3.8, 4) is 5.75 Å². The Morgan fingerprint density at radius 3 is 2.74 bits per heavy atom. The Bertz CT molecular complexity index is 877. The van der Waals surface area contributed by atoms with E-state index < -0.39 is 0 Å². The molecular formula is C16H14Cl3N3O. The number of pyridine rings is 1. The van der Waals surface area contributed by atoms with Crippen molar-refractivity contribution in [1.29, 1.82) is 0 Å². The van der Waals surface area contributed by atoms with Gasteiger partial charge in [-0.3, -0.25) is 4.40 Å². The molecule has 0 aliphatic carbocycles. The molecule has 0 saturated carbocycles. The number of nitrogens with one attached hydrogen (secondary N) is 1. The SMILES string of the molecule is CNc1ccc(Cl)c(COc2cccn3c(Cl)c(C)nc23)c1Cl. The number of hydrogen-bond donors (Lipinski definition) is 1. The van der Waals surface area contributed by atoms with Gasteiger partial charge in [-0.05, 0) is 31.2 Å². The van der Waals surface area contributed by atoms with Crippen molar-refractivity contribution in [3.63, 3.8) is 0 Å². The van der Waals surface area contributed by atoms with E-state index in [-0.39, 0.29) is 6.61 Å². The predicted octanol–water partition coefficient (Wildman–Crippen LogP) is 5.22. The van der Waals surface area contributed by atoms with Crippen LogP contribution in [-0.2, 0) is 6.61 Å². The van der Waals surface area contributed by atoms with Gasteiger partial charge in [-0.1, -0.05) is 34.8 Å². The van der Waals surface area contributed by atoms with Crippen molar-refractivity contribution in [2.75, 3.05) is 12.4 Å². The highest BCUT2D eigenvalue weighted by atomic mass is 35.5. The molecule has 2 aromatic heterocycles. The monoisotopic (exact) mass is 369 g/mol. The molecule has 0 fully saturated rings. The topological polar surface area (TPSA) is 38.6 Å². The zero-order chi connectivity index (χ0) is 16.6. The Labute approximate surface area is 148 Å². The maximum atomic E-state index is 6.36. The minimum Gasteiger partial charge on any atom is -0.485 e. The highest BCUT2D eigenvalue weighted by molar-refractivity contribution is 6.37. The van der Waals surface area contributed by atoms with E-state index in [1.165, 1.54) is 0 Å². The Morgan fingerprint density at radius 2 is 2.00 bits per heavy atom. The first kappa shape index (κ1) is 16.2. The summed E-state index contributed by atoms with van der Waals surface area (Å²) in [7, 11) is 1.80. The Balaban J connectivity index is 1.94. The van der Waals surface area contributed by atoms with Crippen LogP contribution in [0.15, 0.2) is 30.5 Å². The van der Waals surface area contributed by atoms with Crippen LogP contribution in [0.3, 0.4) is 0 Å². The molecule has 3 aromatic rings. The lowest BCUT2D eigenvalue weighted by Crippen LogP contribution is -2.01. The van der Waals surface area contributed by atoms with Crippen LogP contribution in [-0.4, -0.2) is 16.4 Å². The van der Waals surface area contributed by atoms with Gasteiger partial charge in [0.2, 0.25) is 0 Å². The minimum absolute atomic E-state index is 0.233. The molecule has 0 atom stereocenters. The van der Waals surface area contributed by atoms with Crippen LogP contribution in [0.1, 0.15) is 11.3 Å². The summed E-state index contributed by atoms with van der Waals surface area (Å²) >= 11 is 18.8. The lowest BCUT2D eigenvalue weighted by atomic mass is 10.2. The third-order valence-electron chi connectivity index (χ3n) is 3.54. The van der Waals surface area contributed by atoms with E-state index in [9.17, 15) is 0 Å². The largest absolute Gasteiger partial charge is 0.485 e. The van der Waals surface area contributed by atoms with E-state index in [0.29, 0.717) is 26.6 Å². The summed E-state index contributed by atoms with van der Waals surface area (Å²) in [6.07, 6.45) is 1.84. The molecule has 0 aliphatic heterocycles. The van der Waals surface area contributed by atoms with E-state index in [1.807, 2.05) is 31.3 Å². The third-order valence-corrected chi connectivity index (χ3v) is 4.78. The van der Waals surface area contributed by atoms with E-state index in [2.05, 4.69) is 10.3 Å². The number of aromatic nitrogens is 2. The molecule has 3 rings (SSSR count). The highest BCUT2D eigenvalue weighted by Crippen LogP contribution is 2.33. The maximum Gasteiger partial charge on any atom is 0.181 e. The second-order valence-electron chi connectivity index (χ2n) is 4.98. The number of fused-ring (bicyclic) bond motifs is 1. The van der Waals surface area contributed by atoms with E-state index >= 15 is 0 Å². The fraction of sp³-hybridized carbons (Fsp3) is 0.188. The van der Waals surface area contributed by atoms with Gasteiger partial charge < -0.3 is 10.1 Å². The van der Waals surface area contributed by atoms with Crippen LogP contribution < -0.4 is 10.1 Å². The lowest BCUT2D eigenvalue weighted by molar-refractivity contribution is 0.308. The second kappa shape index (κ2) is 6.48. The summed E-state index contributed by atoms with van der Waals surface area (Å²) in [5.41, 5.74) is 2.92. The van der Waals surface area contributed by atoms with Crippen molar-refractivity contribution in [3.05, 3.63) is 56.9 Å². The van der Waals surface area contributed by atoms with Gasteiger partial charge in [0.15, 0.2) is 11.4 Å². The third kappa shape index (κ3) is 2.94. The van der Waals surface area contributed by atoms with Gasteiger partial charge in [0.1, 0.15) is 11.8 Å². The first-order valence-corrected chi connectivity index (χ1v) is 8.07. The summed E-state index contributed by atoms with van der Waals surface area (Å²) in [5, 5.41) is 4.69. The molecule has 0 bridgehead atoms. The van der Waals surface area contributed by atoms with Crippen molar-refractivity contribution in [2.24, 2.45) is 0 Å². The highest BCUT2D eigenvalue weighted by Gasteiger charge is 2.14. The normalized spacial score (nSPS) is 11.0. The molecule has 23 heavy (non-hydrogen) atoms. The number of hydrogen-bond acceptors (Lipinski definition) is 3. The number of anilines is 1. The molecule has 1 N–H and O–H groups in total. The zero-order valence-electron chi connectivity index (χ0n) is 12.5. The van der Waals surface area contributed by atoms with Crippen molar-refractivity contribution in [1.82, 2.24) is 9.38 Å². The molecule has 0 saturated heterocycles. The Morgan fingerprint density at radius 1 is 1.22 bits per heavy atom. The van der Waals surface area contributed by atoms with Crippen molar-refractivity contribution >= 4 is 46.1 Å². The van der Waals surface area contributed by atoms with Crippen LogP contribution >= 0.6 is 34.8 Å². The second-order valence-corrected chi connectivity index (χ2v) is 6.12. The molecular weight excluding hydrogens is 357 g/mol. The van der Waals surface area contributed by atoms with Gasteiger partial charge >= 0.3 is 0 Å². The van der Waals surface area contributed by atoms with Crippen molar-refractivity contribution in [2.45, 2.75) is 13.5 Å². The standard InChI is InChI=1S/C16H14Cl3N3O/c1-9-15(19)22-7-3-4-13(16(22)21-9)23-8-10-11(17)5-6-12(20-2)14(10)18/h3-7,20H,8H2,1-2H3. The van der Waals surface area contributed by atoms with Crippen LogP contribution in [0, 0.1) is 6.92 Å². The van der Waals surface area contributed by atoms with Crippen LogP contribution in [0.4, 0.5) is 5.69 Å². The van der Waals surface area contributed by atoms with Gasteiger partial charge in [0.25, 0.3) is 0 Å². The molecule has 0 unspecified atom stereocenters. The summed E-state index contributed by atoms with van der Waals surface area (Å²) in [6.45, 7) is 2.08. The number of nitrogens with zero attached hydrogens (tertiary/aromatic N) is 2. The lowest BCUT2D eigenvalue weighted by Gasteiger charge is -2.13. The maximum absolute atomic E-state index is 6.36. The average Bonchev–Trinajstić information content (AvgIpc) is 2.83. The smallest absolute Gasteiger partial charge is 0.181 e. The van der Waals surface area contributed by atoms with E-state index in [4.69, 9.17) is 39.5 Å². The van der Waals surface area contributed by atoms with Gasteiger partial charge in [-0.2, -0.15) is 0 Å². The molecule has 7 heteroatoms. The fourth-order valence-electron chi connectivity index (χ4n) is 2.31. The van der Waals surface area contributed by atoms with Crippen LogP contribution in [0.5, 0.6) is 5.75 Å². The molecule has 2 heterocycles. The van der Waals surface area contributed by atoms with E-state index in [0.717, 1.165) is 16.9 Å². The Hall–Kier alpha value is -1.62. The molecule has 0 amide bonds. The summed E-state index contributed by atoms with van der Waals surface area (Å²) in [5.74, 6) is 0.615. The fourth-order valence-corrected chi connectivity index (χ4v) is 3.07. The average molecular weight is 371 g/mol. The molecule has 0 aliphatic rings. The zero-order valence-corrected chi connectivity index (χ0v) is 14.8. The number of halogens is 3. The summed E-state index contributed by atoms with van der Waals surface area (Å²) < 4.78 is 7.67. The quantitative estimate of drug-likeness (QED) is 0.684. The number of imidazole rings is 1. The molecule has 1 aromatic carbocycles. The number of rotatable bonds is 4. The summed E-state index contributed by atoms with van der Waals surface area (Å²) in [6, 6.07) is 7.30.